The molecule has 10 atom stereocenters. The molecule has 0 saturated carbocycles. The van der Waals surface area contributed by atoms with Gasteiger partial charge in [-0.15, -0.1) is 0 Å². The van der Waals surface area contributed by atoms with Gasteiger partial charge in [0, 0.05) is 0 Å². The summed E-state index contributed by atoms with van der Waals surface area (Å²) in [7, 11) is 0. The molecule has 4 aromatic heterocycles. The Morgan fingerprint density at radius 2 is 1.32 bits per heavy atom. The number of aliphatic hydroxyl groups excluding tert-OH is 2. The Kier molecular flexibility index (Phi) is 7.64. The van der Waals surface area contributed by atoms with Gasteiger partial charge in [-0.2, -0.15) is 0 Å². The Labute approximate surface area is 256 Å². The van der Waals surface area contributed by atoms with E-state index in [4.69, 9.17) is 63.1 Å². The molecular formula is C20H22N10O10P2S2-2. The summed E-state index contributed by atoms with van der Waals surface area (Å²) in [6.07, 6.45) is -5.78. The predicted octanol–water partition coefficient (Wildman–Crippen LogP) is -1.60. The van der Waals surface area contributed by atoms with Crippen molar-refractivity contribution in [3.05, 3.63) is 25.3 Å². The molecule has 0 bridgehead atoms. The van der Waals surface area contributed by atoms with Crippen molar-refractivity contribution in [3.8, 4) is 0 Å². The normalized spacial score (nSPS) is 38.3. The molecule has 24 heteroatoms. The molecule has 4 aromatic rings. The van der Waals surface area contributed by atoms with E-state index in [0.717, 1.165) is 0 Å². The Morgan fingerprint density at radius 1 is 0.841 bits per heavy atom. The lowest BCUT2D eigenvalue weighted by atomic mass is 10.1. The summed E-state index contributed by atoms with van der Waals surface area (Å²) >= 11 is 10.2. The number of fused-ring (bicyclic) bond motifs is 4. The fourth-order valence-electron chi connectivity index (χ4n) is 5.23. The number of anilines is 2. The average molecular weight is 689 g/mol. The summed E-state index contributed by atoms with van der Waals surface area (Å²) < 4.78 is 50.1. The molecule has 3 aliphatic heterocycles. The molecule has 20 nitrogen and oxygen atoms in total. The smallest absolute Gasteiger partial charge is 0.200 e. The van der Waals surface area contributed by atoms with Crippen molar-refractivity contribution in [1.29, 1.82) is 0 Å². The molecule has 0 aliphatic carbocycles. The summed E-state index contributed by atoms with van der Waals surface area (Å²) in [6, 6.07) is 0. The lowest BCUT2D eigenvalue weighted by molar-refractivity contribution is -0.218. The van der Waals surface area contributed by atoms with Gasteiger partial charge in [-0.25, -0.2) is 29.9 Å². The van der Waals surface area contributed by atoms with Crippen LogP contribution in [0.25, 0.3) is 22.3 Å². The third kappa shape index (κ3) is 5.28. The molecule has 0 aromatic carbocycles. The van der Waals surface area contributed by atoms with E-state index in [1.54, 1.807) is 0 Å². The first-order chi connectivity index (χ1) is 20.9. The van der Waals surface area contributed by atoms with Crippen molar-refractivity contribution in [2.75, 3.05) is 24.7 Å². The van der Waals surface area contributed by atoms with Crippen LogP contribution in [0.5, 0.6) is 0 Å². The van der Waals surface area contributed by atoms with Crippen LogP contribution in [0.1, 0.15) is 12.5 Å². The molecule has 0 spiro atoms. The first-order valence-corrected chi connectivity index (χ1v) is 17.8. The lowest BCUT2D eigenvalue weighted by Gasteiger charge is -2.37. The van der Waals surface area contributed by atoms with Gasteiger partial charge < -0.3 is 66.4 Å². The van der Waals surface area contributed by atoms with Crippen molar-refractivity contribution < 1.29 is 47.2 Å². The highest BCUT2D eigenvalue weighted by atomic mass is 32.7. The number of aliphatic hydroxyl groups is 2. The average Bonchev–Trinajstić information content (AvgIpc) is 3.73. The van der Waals surface area contributed by atoms with Gasteiger partial charge >= 0.3 is 0 Å². The fourth-order valence-corrected chi connectivity index (χ4v) is 8.09. The van der Waals surface area contributed by atoms with Crippen LogP contribution in [-0.2, 0) is 56.2 Å². The van der Waals surface area contributed by atoms with E-state index in [1.807, 2.05) is 0 Å². The Bertz CT molecular complexity index is 1700. The van der Waals surface area contributed by atoms with Crippen LogP contribution >= 0.6 is 13.5 Å². The van der Waals surface area contributed by atoms with Crippen LogP contribution in [0.4, 0.5) is 11.6 Å². The molecule has 7 rings (SSSR count). The summed E-state index contributed by atoms with van der Waals surface area (Å²) in [5.74, 6) is 0.187. The predicted molar refractivity (Wildman–Crippen MR) is 150 cm³/mol. The second-order valence-electron chi connectivity index (χ2n) is 9.90. The minimum atomic E-state index is -4.38. The van der Waals surface area contributed by atoms with E-state index < -0.39 is 75.8 Å². The lowest BCUT2D eigenvalue weighted by Crippen LogP contribution is -2.40. The Hall–Kier alpha value is -2.43. The first kappa shape index (κ1) is 30.2. The van der Waals surface area contributed by atoms with Crippen molar-refractivity contribution in [2.45, 2.75) is 49.1 Å². The van der Waals surface area contributed by atoms with Gasteiger partial charge in [-0.1, -0.05) is 11.8 Å². The van der Waals surface area contributed by atoms with Crippen LogP contribution in [0.3, 0.4) is 0 Å². The fraction of sp³-hybridized carbons (Fsp3) is 0.500. The molecule has 44 heavy (non-hydrogen) atoms. The maximum atomic E-state index is 13.4. The molecule has 4 unspecified atom stereocenters. The topological polar surface area (TPSA) is 275 Å². The SMILES string of the molecule is Nc1ncnc2c1ncn2[C@@H]1O[C@@H]2COP([O-])(=S)O[C@@H]3C(O)[C@H](n4cnc5c(N)ncnc54)O[C@@H]3COP(=O)([S-])O[C@@H]2C1O. The zero-order chi connectivity index (χ0) is 31.0. The van der Waals surface area contributed by atoms with E-state index in [1.165, 1.54) is 34.4 Å². The van der Waals surface area contributed by atoms with Gasteiger partial charge in [0.25, 0.3) is 0 Å². The standard InChI is InChI=1S/C20H24N10O10P2S2/c21-15-9-17(25-3-23-15)29(5-27-9)19-11(31)13-7(37-19)1-35-41(33,43)40-14-8(2-36-42(34,44)39-13)38-20(12(14)32)30-6-28-10-16(22)24-4-26-18(10)30/h3-8,11-14,19-20,31-32H,1-2H2,(H,33,43)(H,34,44)(H2,21,23,25)(H2,22,24,26)/p-2/t7-,8-,11?,12?,13+,14+,19-,20-,41?,42?/m1/s1. The second kappa shape index (κ2) is 11.1. The number of hydrogen-bond donors (Lipinski definition) is 4. The van der Waals surface area contributed by atoms with Crippen molar-refractivity contribution in [2.24, 2.45) is 0 Å². The van der Waals surface area contributed by atoms with Gasteiger partial charge in [0.2, 0.25) is 0 Å². The summed E-state index contributed by atoms with van der Waals surface area (Å²) in [5.41, 5.74) is 12.7. The number of imidazole rings is 2. The van der Waals surface area contributed by atoms with Gasteiger partial charge in [-0.05, 0) is 0 Å². The number of nitrogens with two attached hydrogens (primary N) is 2. The zero-order valence-electron chi connectivity index (χ0n) is 21.9. The Morgan fingerprint density at radius 3 is 1.84 bits per heavy atom. The highest BCUT2D eigenvalue weighted by molar-refractivity contribution is 8.32. The van der Waals surface area contributed by atoms with Gasteiger partial charge in [0.1, 0.15) is 67.0 Å². The number of ether oxygens (including phenoxy) is 2. The van der Waals surface area contributed by atoms with Crippen LogP contribution in [0.15, 0.2) is 25.3 Å². The monoisotopic (exact) mass is 688 g/mol. The van der Waals surface area contributed by atoms with E-state index in [2.05, 4.69) is 29.9 Å². The van der Waals surface area contributed by atoms with E-state index >= 15 is 0 Å². The van der Waals surface area contributed by atoms with Crippen LogP contribution in [-0.4, -0.2) is 99.1 Å². The molecular weight excluding hydrogens is 666 g/mol. The summed E-state index contributed by atoms with van der Waals surface area (Å²) in [5, 5.41) is 22.4. The maximum absolute atomic E-state index is 13.4. The third-order valence-electron chi connectivity index (χ3n) is 7.24. The van der Waals surface area contributed by atoms with Gasteiger partial charge in [0.05, 0.1) is 25.9 Å². The third-order valence-corrected chi connectivity index (χ3v) is 10.3. The quantitative estimate of drug-likeness (QED) is 0.136. The molecule has 6 N–H and O–H groups in total. The summed E-state index contributed by atoms with van der Waals surface area (Å²) in [4.78, 5) is 37.7. The van der Waals surface area contributed by atoms with E-state index in [0.29, 0.717) is 0 Å². The number of hydrogen-bond acceptors (Lipinski definition) is 20. The molecule has 0 radical (unpaired) electrons. The maximum Gasteiger partial charge on any atom is 0.200 e. The highest BCUT2D eigenvalue weighted by Gasteiger charge is 2.51. The minimum absolute atomic E-state index is 0.0933. The van der Waals surface area contributed by atoms with Crippen LogP contribution in [0.2, 0.25) is 0 Å². The molecule has 3 saturated heterocycles. The van der Waals surface area contributed by atoms with E-state index in [-0.39, 0.29) is 34.0 Å². The first-order valence-electron chi connectivity index (χ1n) is 12.7. The molecule has 3 aliphatic rings. The number of nitrogens with zero attached hydrogens (tertiary/aromatic N) is 8. The zero-order valence-corrected chi connectivity index (χ0v) is 25.4. The highest BCUT2D eigenvalue weighted by Crippen LogP contribution is 2.53. The van der Waals surface area contributed by atoms with Gasteiger partial charge in [-0.3, -0.25) is 13.7 Å². The molecule has 7 heterocycles. The number of aromatic nitrogens is 8. The van der Waals surface area contributed by atoms with Crippen LogP contribution < -0.4 is 16.4 Å². The largest absolute Gasteiger partial charge is 0.780 e. The molecule has 236 valence electrons. The minimum Gasteiger partial charge on any atom is -0.780 e. The van der Waals surface area contributed by atoms with Crippen molar-refractivity contribution in [3.63, 3.8) is 0 Å². The van der Waals surface area contributed by atoms with Gasteiger partial charge in [0.15, 0.2) is 42.2 Å². The summed E-state index contributed by atoms with van der Waals surface area (Å²) in [6.45, 7) is -9.91. The molecule has 0 amide bonds. The van der Waals surface area contributed by atoms with Crippen molar-refractivity contribution in [1.82, 2.24) is 39.0 Å². The van der Waals surface area contributed by atoms with E-state index in [9.17, 15) is 19.7 Å². The Balaban J connectivity index is 1.17. The van der Waals surface area contributed by atoms with Crippen molar-refractivity contribution >= 4 is 71.5 Å². The van der Waals surface area contributed by atoms with Crippen LogP contribution in [0, 0.1) is 0 Å². The number of rotatable bonds is 2. The number of nitrogen functional groups attached to an aromatic ring is 2. The molecule has 3 fully saturated rings. The second-order valence-corrected chi connectivity index (χ2v) is 15.3.